The molecule has 1 aliphatic rings. The van der Waals surface area contributed by atoms with Crippen molar-refractivity contribution in [1.29, 1.82) is 0 Å². The van der Waals surface area contributed by atoms with Crippen LogP contribution in [0.1, 0.15) is 19.4 Å². The number of rotatable bonds is 4. The van der Waals surface area contributed by atoms with E-state index in [0.29, 0.717) is 24.2 Å². The Bertz CT molecular complexity index is 425. The molecule has 1 N–H and O–H groups in total. The third-order valence-corrected chi connectivity index (χ3v) is 3.40. The van der Waals surface area contributed by atoms with Gasteiger partial charge < -0.3 is 14.8 Å². The van der Waals surface area contributed by atoms with Crippen LogP contribution in [0.4, 0.5) is 4.39 Å². The minimum absolute atomic E-state index is 0.0558. The second kappa shape index (κ2) is 5.65. The molecule has 1 saturated heterocycles. The van der Waals surface area contributed by atoms with Crippen LogP contribution in [0.2, 0.25) is 0 Å². The number of hydrogen-bond donors (Lipinski definition) is 1. The monoisotopic (exact) mass is 317 g/mol. The molecule has 0 radical (unpaired) electrons. The fourth-order valence-corrected chi connectivity index (χ4v) is 2.14. The van der Waals surface area contributed by atoms with E-state index in [-0.39, 0.29) is 11.9 Å². The van der Waals surface area contributed by atoms with Crippen LogP contribution < -0.4 is 5.32 Å². The van der Waals surface area contributed by atoms with Gasteiger partial charge in [-0.05, 0) is 47.5 Å². The Hall–Kier alpha value is -0.490. The lowest BCUT2D eigenvalue weighted by atomic mass is 10.2. The summed E-state index contributed by atoms with van der Waals surface area (Å²) in [6.45, 7) is 5.70. The minimum atomic E-state index is -0.490. The van der Waals surface area contributed by atoms with Crippen molar-refractivity contribution in [3.05, 3.63) is 34.1 Å². The van der Waals surface area contributed by atoms with Crippen molar-refractivity contribution in [2.24, 2.45) is 0 Å². The van der Waals surface area contributed by atoms with Crippen molar-refractivity contribution >= 4 is 15.9 Å². The second-order valence-electron chi connectivity index (χ2n) is 4.83. The van der Waals surface area contributed by atoms with Crippen molar-refractivity contribution in [2.45, 2.75) is 32.3 Å². The van der Waals surface area contributed by atoms with Crippen molar-refractivity contribution in [3.8, 4) is 0 Å². The topological polar surface area (TPSA) is 30.5 Å². The zero-order valence-corrected chi connectivity index (χ0v) is 12.1. The lowest BCUT2D eigenvalue weighted by Crippen LogP contribution is -2.30. The summed E-state index contributed by atoms with van der Waals surface area (Å²) in [6.07, 6.45) is 0.0558. The fourth-order valence-electron chi connectivity index (χ4n) is 1.89. The van der Waals surface area contributed by atoms with E-state index < -0.39 is 5.79 Å². The summed E-state index contributed by atoms with van der Waals surface area (Å²) in [4.78, 5) is 0. The molecule has 0 amide bonds. The number of hydrogen-bond acceptors (Lipinski definition) is 3. The highest BCUT2D eigenvalue weighted by Crippen LogP contribution is 2.21. The number of halogens is 2. The molecule has 0 aliphatic carbocycles. The van der Waals surface area contributed by atoms with Gasteiger partial charge in [0.15, 0.2) is 5.79 Å². The molecule has 0 bridgehead atoms. The maximum atomic E-state index is 13.3. The van der Waals surface area contributed by atoms with Gasteiger partial charge in [-0.2, -0.15) is 0 Å². The van der Waals surface area contributed by atoms with Crippen LogP contribution in [0.3, 0.4) is 0 Å². The molecule has 5 heteroatoms. The van der Waals surface area contributed by atoms with Gasteiger partial charge in [0, 0.05) is 13.1 Å². The Balaban J connectivity index is 1.77. The van der Waals surface area contributed by atoms with Gasteiger partial charge in [-0.3, -0.25) is 0 Å². The van der Waals surface area contributed by atoms with E-state index in [1.807, 2.05) is 19.9 Å². The minimum Gasteiger partial charge on any atom is -0.348 e. The molecule has 0 aromatic heterocycles. The molecule has 18 heavy (non-hydrogen) atoms. The summed E-state index contributed by atoms with van der Waals surface area (Å²) >= 11 is 3.13. The molecular weight excluding hydrogens is 301 g/mol. The van der Waals surface area contributed by atoms with Crippen LogP contribution in [0.25, 0.3) is 0 Å². The molecule has 100 valence electrons. The molecule has 1 unspecified atom stereocenters. The van der Waals surface area contributed by atoms with Gasteiger partial charge in [0.05, 0.1) is 17.2 Å². The van der Waals surface area contributed by atoms with E-state index in [1.165, 1.54) is 6.07 Å². The molecule has 1 heterocycles. The summed E-state index contributed by atoms with van der Waals surface area (Å²) in [6, 6.07) is 5.12. The molecule has 3 nitrogen and oxygen atoms in total. The standard InChI is InChI=1S/C13H17BrFNO2/c1-13(2)17-8-10(18-13)7-16-6-9-3-4-11(14)12(15)5-9/h3-5,10,16H,6-8H2,1-2H3. The molecular formula is C13H17BrFNO2. The van der Waals surface area contributed by atoms with E-state index in [1.54, 1.807) is 6.07 Å². The predicted molar refractivity (Wildman–Crippen MR) is 70.7 cm³/mol. The van der Waals surface area contributed by atoms with Crippen molar-refractivity contribution in [1.82, 2.24) is 5.32 Å². The van der Waals surface area contributed by atoms with Crippen molar-refractivity contribution in [2.75, 3.05) is 13.2 Å². The fraction of sp³-hybridized carbons (Fsp3) is 0.538. The van der Waals surface area contributed by atoms with Gasteiger partial charge in [-0.1, -0.05) is 6.07 Å². The number of benzene rings is 1. The normalized spacial score (nSPS) is 22.3. The van der Waals surface area contributed by atoms with Gasteiger partial charge in [0.25, 0.3) is 0 Å². The summed E-state index contributed by atoms with van der Waals surface area (Å²) in [5.74, 6) is -0.730. The average molecular weight is 318 g/mol. The van der Waals surface area contributed by atoms with E-state index in [2.05, 4.69) is 21.2 Å². The maximum Gasteiger partial charge on any atom is 0.163 e. The van der Waals surface area contributed by atoms with Crippen LogP contribution in [-0.2, 0) is 16.0 Å². The molecule has 1 fully saturated rings. The molecule has 1 aliphatic heterocycles. The molecule has 2 rings (SSSR count). The van der Waals surface area contributed by atoms with Crippen LogP contribution in [-0.4, -0.2) is 25.0 Å². The van der Waals surface area contributed by atoms with Gasteiger partial charge >= 0.3 is 0 Å². The largest absolute Gasteiger partial charge is 0.348 e. The van der Waals surface area contributed by atoms with Crippen LogP contribution in [0, 0.1) is 5.82 Å². The Kier molecular flexibility index (Phi) is 4.37. The lowest BCUT2D eigenvalue weighted by molar-refractivity contribution is -0.137. The third-order valence-electron chi connectivity index (χ3n) is 2.75. The Morgan fingerprint density at radius 2 is 2.28 bits per heavy atom. The molecule has 1 aromatic rings. The molecule has 0 saturated carbocycles. The Morgan fingerprint density at radius 1 is 1.50 bits per heavy atom. The first-order valence-electron chi connectivity index (χ1n) is 5.93. The smallest absolute Gasteiger partial charge is 0.163 e. The average Bonchev–Trinajstić information content (AvgIpc) is 2.63. The quantitative estimate of drug-likeness (QED) is 0.926. The van der Waals surface area contributed by atoms with Crippen LogP contribution in [0.15, 0.2) is 22.7 Å². The highest BCUT2D eigenvalue weighted by Gasteiger charge is 2.32. The zero-order chi connectivity index (χ0) is 13.2. The van der Waals surface area contributed by atoms with E-state index in [0.717, 1.165) is 5.56 Å². The second-order valence-corrected chi connectivity index (χ2v) is 5.68. The maximum absolute atomic E-state index is 13.3. The van der Waals surface area contributed by atoms with Crippen LogP contribution in [0.5, 0.6) is 0 Å². The van der Waals surface area contributed by atoms with Crippen LogP contribution >= 0.6 is 15.9 Å². The van der Waals surface area contributed by atoms with E-state index >= 15 is 0 Å². The SMILES string of the molecule is CC1(C)OCC(CNCc2ccc(Br)c(F)c2)O1. The van der Waals surface area contributed by atoms with Gasteiger partial charge in [0.1, 0.15) is 5.82 Å². The van der Waals surface area contributed by atoms with Gasteiger partial charge in [-0.15, -0.1) is 0 Å². The van der Waals surface area contributed by atoms with Gasteiger partial charge in [-0.25, -0.2) is 4.39 Å². The summed E-state index contributed by atoms with van der Waals surface area (Å²) in [7, 11) is 0. The Morgan fingerprint density at radius 3 is 2.89 bits per heavy atom. The van der Waals surface area contributed by atoms with E-state index in [4.69, 9.17) is 9.47 Å². The third kappa shape index (κ3) is 3.75. The summed E-state index contributed by atoms with van der Waals surface area (Å²) < 4.78 is 24.9. The predicted octanol–water partition coefficient (Wildman–Crippen LogP) is 2.83. The highest BCUT2D eigenvalue weighted by molar-refractivity contribution is 9.10. The molecule has 0 spiro atoms. The highest BCUT2D eigenvalue weighted by atomic mass is 79.9. The molecule has 1 atom stereocenters. The summed E-state index contributed by atoms with van der Waals surface area (Å²) in [5.41, 5.74) is 0.911. The number of nitrogens with one attached hydrogen (secondary N) is 1. The lowest BCUT2D eigenvalue weighted by Gasteiger charge is -2.17. The number of ether oxygens (including phenoxy) is 2. The first-order chi connectivity index (χ1) is 8.46. The Labute approximate surface area is 115 Å². The summed E-state index contributed by atoms with van der Waals surface area (Å²) in [5, 5.41) is 3.24. The van der Waals surface area contributed by atoms with Gasteiger partial charge in [0.2, 0.25) is 0 Å². The first kappa shape index (κ1) is 13.9. The van der Waals surface area contributed by atoms with Crippen molar-refractivity contribution in [3.63, 3.8) is 0 Å². The zero-order valence-electron chi connectivity index (χ0n) is 10.5. The van der Waals surface area contributed by atoms with E-state index in [9.17, 15) is 4.39 Å². The van der Waals surface area contributed by atoms with Crippen molar-refractivity contribution < 1.29 is 13.9 Å². The first-order valence-corrected chi connectivity index (χ1v) is 6.72. The molecule has 1 aromatic carbocycles.